The smallest absolute Gasteiger partial charge is 0.292 e. The average Bonchev–Trinajstić information content (AvgIpc) is 2.63. The molecule has 1 aromatic heterocycles. The zero-order chi connectivity index (χ0) is 11.7. The Bertz CT molecular complexity index is 523. The van der Waals surface area contributed by atoms with E-state index in [2.05, 4.69) is 4.98 Å². The molecule has 2 aromatic rings. The molecule has 0 bridgehead atoms. The van der Waals surface area contributed by atoms with Gasteiger partial charge >= 0.3 is 0 Å². The Hall–Kier alpha value is -1.68. The average molecular weight is 239 g/mol. The van der Waals surface area contributed by atoms with Crippen LogP contribution in [0.5, 0.6) is 5.75 Å². The third-order valence-corrected chi connectivity index (χ3v) is 2.46. The number of aromatic nitrogens is 1. The Labute approximate surface area is 98.0 Å². The van der Waals surface area contributed by atoms with Crippen molar-refractivity contribution < 1.29 is 9.15 Å². The van der Waals surface area contributed by atoms with E-state index < -0.39 is 0 Å². The normalized spacial score (nSPS) is 10.4. The molecule has 0 aliphatic rings. The molecule has 2 N–H and O–H groups in total. The van der Waals surface area contributed by atoms with Crippen molar-refractivity contribution in [3.8, 4) is 17.0 Å². The van der Waals surface area contributed by atoms with Crippen molar-refractivity contribution in [2.24, 2.45) is 0 Å². The Morgan fingerprint density at radius 2 is 2.19 bits per heavy atom. The second-order valence-electron chi connectivity index (χ2n) is 3.37. The van der Waals surface area contributed by atoms with Gasteiger partial charge < -0.3 is 14.9 Å². The fourth-order valence-corrected chi connectivity index (χ4v) is 1.88. The van der Waals surface area contributed by atoms with Crippen molar-refractivity contribution >= 4 is 17.6 Å². The van der Waals surface area contributed by atoms with Gasteiger partial charge in [-0.3, -0.25) is 0 Å². The summed E-state index contributed by atoms with van der Waals surface area (Å²) in [5.41, 5.74) is 7.75. The highest BCUT2D eigenvalue weighted by atomic mass is 35.5. The number of nitrogens with zero attached hydrogens (tertiary/aromatic N) is 1. The predicted molar refractivity (Wildman–Crippen MR) is 62.7 cm³/mol. The van der Waals surface area contributed by atoms with Crippen molar-refractivity contribution in [3.63, 3.8) is 0 Å². The first-order valence-corrected chi connectivity index (χ1v) is 5.05. The number of oxazole rings is 1. The lowest BCUT2D eigenvalue weighted by molar-refractivity contribution is 0.413. The molecule has 0 saturated carbocycles. The SMILES string of the molecule is COc1c(C)cc(Cl)cc1-c1coc(N)n1. The summed E-state index contributed by atoms with van der Waals surface area (Å²) in [6.45, 7) is 1.91. The van der Waals surface area contributed by atoms with Crippen LogP contribution < -0.4 is 10.5 Å². The minimum atomic E-state index is 0.120. The number of ether oxygens (including phenoxy) is 1. The third-order valence-electron chi connectivity index (χ3n) is 2.24. The van der Waals surface area contributed by atoms with Crippen LogP contribution >= 0.6 is 11.6 Å². The van der Waals surface area contributed by atoms with Gasteiger partial charge in [-0.25, -0.2) is 0 Å². The summed E-state index contributed by atoms with van der Waals surface area (Å²) >= 11 is 5.99. The van der Waals surface area contributed by atoms with Gasteiger partial charge in [0, 0.05) is 10.6 Å². The van der Waals surface area contributed by atoms with Crippen LogP contribution in [-0.2, 0) is 0 Å². The first-order chi connectivity index (χ1) is 7.61. The lowest BCUT2D eigenvalue weighted by Crippen LogP contribution is -1.92. The van der Waals surface area contributed by atoms with Gasteiger partial charge in [0.15, 0.2) is 0 Å². The maximum Gasteiger partial charge on any atom is 0.292 e. The molecule has 16 heavy (non-hydrogen) atoms. The Balaban J connectivity index is 2.63. The lowest BCUT2D eigenvalue weighted by atomic mass is 10.1. The number of aryl methyl sites for hydroxylation is 1. The highest BCUT2D eigenvalue weighted by Crippen LogP contribution is 2.35. The molecule has 84 valence electrons. The maximum absolute atomic E-state index is 5.99. The Kier molecular flexibility index (Phi) is 2.75. The van der Waals surface area contributed by atoms with E-state index in [4.69, 9.17) is 26.5 Å². The molecule has 4 nitrogen and oxygen atoms in total. The number of rotatable bonds is 2. The first-order valence-electron chi connectivity index (χ1n) is 4.67. The Morgan fingerprint density at radius 3 is 2.75 bits per heavy atom. The maximum atomic E-state index is 5.99. The number of hydrogen-bond acceptors (Lipinski definition) is 4. The van der Waals surface area contributed by atoms with E-state index in [-0.39, 0.29) is 6.01 Å². The van der Waals surface area contributed by atoms with Gasteiger partial charge in [0.05, 0.1) is 7.11 Å². The topological polar surface area (TPSA) is 61.3 Å². The number of anilines is 1. The molecule has 1 aromatic carbocycles. The minimum absolute atomic E-state index is 0.120. The fourth-order valence-electron chi connectivity index (χ4n) is 1.60. The summed E-state index contributed by atoms with van der Waals surface area (Å²) in [7, 11) is 1.60. The van der Waals surface area contributed by atoms with Crippen LogP contribution in [0.15, 0.2) is 22.8 Å². The zero-order valence-electron chi connectivity index (χ0n) is 8.95. The van der Waals surface area contributed by atoms with Crippen LogP contribution in [0.1, 0.15) is 5.56 Å². The number of benzene rings is 1. The molecule has 0 radical (unpaired) electrons. The molecule has 2 rings (SSSR count). The van der Waals surface area contributed by atoms with Gasteiger partial charge in [0.25, 0.3) is 6.01 Å². The van der Waals surface area contributed by atoms with Gasteiger partial charge in [0.1, 0.15) is 17.7 Å². The van der Waals surface area contributed by atoms with E-state index in [1.807, 2.05) is 13.0 Å². The number of nitrogen functional groups attached to an aromatic ring is 1. The van der Waals surface area contributed by atoms with E-state index in [1.54, 1.807) is 13.2 Å². The van der Waals surface area contributed by atoms with E-state index in [0.717, 1.165) is 16.9 Å². The molecular weight excluding hydrogens is 228 g/mol. The molecule has 1 heterocycles. The van der Waals surface area contributed by atoms with Crippen molar-refractivity contribution in [2.75, 3.05) is 12.8 Å². The van der Waals surface area contributed by atoms with E-state index >= 15 is 0 Å². The number of halogens is 1. The van der Waals surface area contributed by atoms with Gasteiger partial charge in [-0.2, -0.15) is 4.98 Å². The summed E-state index contributed by atoms with van der Waals surface area (Å²) in [6.07, 6.45) is 1.48. The molecule has 5 heteroatoms. The predicted octanol–water partition coefficient (Wildman–Crippen LogP) is 2.89. The highest BCUT2D eigenvalue weighted by Gasteiger charge is 2.13. The Morgan fingerprint density at radius 1 is 1.44 bits per heavy atom. The minimum Gasteiger partial charge on any atom is -0.496 e. The molecule has 0 aliphatic carbocycles. The van der Waals surface area contributed by atoms with Gasteiger partial charge in [-0.15, -0.1) is 0 Å². The van der Waals surface area contributed by atoms with E-state index in [0.29, 0.717) is 10.7 Å². The standard InChI is InChI=1S/C11H11ClN2O2/c1-6-3-7(12)4-8(10(6)15-2)9-5-16-11(13)14-9/h3-5H,1-2H3,(H2,13,14). The lowest BCUT2D eigenvalue weighted by Gasteiger charge is -2.09. The van der Waals surface area contributed by atoms with Gasteiger partial charge in [0.2, 0.25) is 0 Å². The largest absolute Gasteiger partial charge is 0.496 e. The zero-order valence-corrected chi connectivity index (χ0v) is 9.71. The van der Waals surface area contributed by atoms with Crippen LogP contribution in [0.25, 0.3) is 11.3 Å². The summed E-state index contributed by atoms with van der Waals surface area (Å²) in [6, 6.07) is 3.72. The van der Waals surface area contributed by atoms with Crippen LogP contribution in [-0.4, -0.2) is 12.1 Å². The fraction of sp³-hybridized carbons (Fsp3) is 0.182. The molecule has 0 fully saturated rings. The molecule has 0 amide bonds. The quantitative estimate of drug-likeness (QED) is 0.874. The molecule has 0 saturated heterocycles. The van der Waals surface area contributed by atoms with Crippen molar-refractivity contribution in [2.45, 2.75) is 6.92 Å². The summed E-state index contributed by atoms with van der Waals surface area (Å²) in [5.74, 6) is 0.720. The van der Waals surface area contributed by atoms with Crippen LogP contribution in [0.4, 0.5) is 6.01 Å². The van der Waals surface area contributed by atoms with Crippen LogP contribution in [0.3, 0.4) is 0 Å². The first kappa shape index (κ1) is 10.8. The molecular formula is C11H11ClN2O2. The van der Waals surface area contributed by atoms with Crippen LogP contribution in [0, 0.1) is 6.92 Å². The van der Waals surface area contributed by atoms with E-state index in [1.165, 1.54) is 6.26 Å². The monoisotopic (exact) mass is 238 g/mol. The molecule has 0 spiro atoms. The van der Waals surface area contributed by atoms with Crippen molar-refractivity contribution in [1.82, 2.24) is 4.98 Å². The number of nitrogens with two attached hydrogens (primary N) is 1. The molecule has 0 atom stereocenters. The second kappa shape index (κ2) is 4.06. The van der Waals surface area contributed by atoms with Crippen molar-refractivity contribution in [3.05, 3.63) is 29.0 Å². The molecule has 0 aliphatic heterocycles. The van der Waals surface area contributed by atoms with Crippen LogP contribution in [0.2, 0.25) is 5.02 Å². The van der Waals surface area contributed by atoms with Crippen molar-refractivity contribution in [1.29, 1.82) is 0 Å². The summed E-state index contributed by atoms with van der Waals surface area (Å²) < 4.78 is 10.3. The summed E-state index contributed by atoms with van der Waals surface area (Å²) in [4.78, 5) is 4.04. The van der Waals surface area contributed by atoms with E-state index in [9.17, 15) is 0 Å². The number of methoxy groups -OCH3 is 1. The van der Waals surface area contributed by atoms with Gasteiger partial charge in [-0.05, 0) is 24.6 Å². The summed E-state index contributed by atoms with van der Waals surface area (Å²) in [5, 5.41) is 0.620. The highest BCUT2D eigenvalue weighted by molar-refractivity contribution is 6.31. The third kappa shape index (κ3) is 1.84. The number of hydrogen-bond donors (Lipinski definition) is 1. The molecule has 0 unspecified atom stereocenters. The second-order valence-corrected chi connectivity index (χ2v) is 3.81. The van der Waals surface area contributed by atoms with Gasteiger partial charge in [-0.1, -0.05) is 11.6 Å².